The second-order valence-corrected chi connectivity index (χ2v) is 15.1. The minimum atomic E-state index is -3.56. The zero-order valence-electron chi connectivity index (χ0n) is 27.3. The molecule has 0 spiro atoms. The highest BCUT2D eigenvalue weighted by Crippen LogP contribution is 2.07. The summed E-state index contributed by atoms with van der Waals surface area (Å²) in [6.45, 7) is 3.03. The van der Waals surface area contributed by atoms with Crippen LogP contribution in [-0.2, 0) is 60.6 Å². The van der Waals surface area contributed by atoms with Crippen molar-refractivity contribution in [1.82, 2.24) is 15.4 Å². The van der Waals surface area contributed by atoms with Crippen LogP contribution in [0.1, 0.15) is 37.8 Å². The van der Waals surface area contributed by atoms with E-state index in [2.05, 4.69) is 35.5 Å². The van der Waals surface area contributed by atoms with Crippen LogP contribution in [0.15, 0.2) is 60.7 Å². The monoisotopic (exact) mass is 720 g/mol. The molecule has 264 valence electrons. The average Bonchev–Trinajstić information content (AvgIpc) is 3.00. The Kier molecular flexibility index (Phi) is 20.4. The first-order chi connectivity index (χ1) is 21.8. The maximum atomic E-state index is 12.2. The van der Waals surface area contributed by atoms with Crippen molar-refractivity contribution in [3.8, 4) is 0 Å². The van der Waals surface area contributed by atoms with E-state index in [1.165, 1.54) is 21.1 Å². The third kappa shape index (κ3) is 22.6. The summed E-state index contributed by atoms with van der Waals surface area (Å²) >= 11 is 0. The van der Waals surface area contributed by atoms with Crippen LogP contribution >= 0.6 is 10.7 Å². The largest absolute Gasteiger partial charge is 0.467 e. The van der Waals surface area contributed by atoms with Crippen molar-refractivity contribution in [1.29, 1.82) is 0 Å². The molecule has 2 aromatic rings. The first-order valence-corrected chi connectivity index (χ1v) is 18.8. The summed E-state index contributed by atoms with van der Waals surface area (Å²) in [5, 5.41) is 4.98. The summed E-state index contributed by atoms with van der Waals surface area (Å²) < 4.78 is 53.1. The Morgan fingerprint density at radius 3 is 1.45 bits per heavy atom. The predicted octanol–water partition coefficient (Wildman–Crippen LogP) is 1.02. The molecular weight excluding hydrogens is 676 g/mol. The van der Waals surface area contributed by atoms with E-state index in [0.29, 0.717) is 12.8 Å². The molecule has 0 aromatic heterocycles. The number of benzene rings is 2. The summed E-state index contributed by atoms with van der Waals surface area (Å²) in [7, 11) is 0.240. The van der Waals surface area contributed by atoms with Gasteiger partial charge in [0.15, 0.2) is 0 Å². The van der Waals surface area contributed by atoms with Gasteiger partial charge in [0.25, 0.3) is 0 Å². The molecule has 0 radical (unpaired) electrons. The van der Waals surface area contributed by atoms with Crippen LogP contribution in [0, 0.1) is 0 Å². The molecule has 0 fully saturated rings. The fourth-order valence-electron chi connectivity index (χ4n) is 3.66. The molecular formula is C30H45ClN4O10S2. The zero-order valence-corrected chi connectivity index (χ0v) is 29.7. The van der Waals surface area contributed by atoms with E-state index < -0.39 is 61.1 Å². The molecule has 0 saturated carbocycles. The number of aryl methyl sites for hydroxylation is 2. The lowest BCUT2D eigenvalue weighted by atomic mass is 10.1. The van der Waals surface area contributed by atoms with Gasteiger partial charge in [-0.25, -0.2) is 31.1 Å². The Morgan fingerprint density at radius 2 is 1.09 bits per heavy atom. The van der Waals surface area contributed by atoms with Gasteiger partial charge in [-0.3, -0.25) is 9.59 Å². The van der Waals surface area contributed by atoms with Gasteiger partial charge in [-0.1, -0.05) is 60.7 Å². The first-order valence-electron chi connectivity index (χ1n) is 14.2. The smallest absolute Gasteiger partial charge is 0.328 e. The lowest BCUT2D eigenvalue weighted by Crippen LogP contribution is -2.50. The highest BCUT2D eigenvalue weighted by molar-refractivity contribution is 8.13. The van der Waals surface area contributed by atoms with E-state index in [4.69, 9.17) is 5.73 Å². The van der Waals surface area contributed by atoms with Gasteiger partial charge < -0.3 is 25.8 Å². The van der Waals surface area contributed by atoms with Gasteiger partial charge in [0.1, 0.15) is 18.1 Å². The highest BCUT2D eigenvalue weighted by atomic mass is 35.7. The van der Waals surface area contributed by atoms with Gasteiger partial charge in [-0.05, 0) is 50.7 Å². The molecule has 5 N–H and O–H groups in total. The molecule has 0 bridgehead atoms. The average molecular weight is 721 g/mol. The predicted molar refractivity (Wildman–Crippen MR) is 179 cm³/mol. The Hall–Kier alpha value is -3.57. The number of sulfonamides is 1. The van der Waals surface area contributed by atoms with Gasteiger partial charge in [0.2, 0.25) is 30.9 Å². The lowest BCUT2D eigenvalue weighted by molar-refractivity contribution is -0.145. The number of ether oxygens (including phenoxy) is 2. The van der Waals surface area contributed by atoms with Crippen LogP contribution in [-0.4, -0.2) is 91.5 Å². The maximum absolute atomic E-state index is 12.2. The number of rotatable bonds is 14. The number of carbonyl (C=O) groups excluding carboxylic acids is 4. The molecule has 0 aliphatic carbocycles. The van der Waals surface area contributed by atoms with Crippen LogP contribution in [0.25, 0.3) is 0 Å². The Bertz CT molecular complexity index is 1470. The van der Waals surface area contributed by atoms with Crippen molar-refractivity contribution < 1.29 is 45.5 Å². The van der Waals surface area contributed by atoms with Gasteiger partial charge in [-0.15, -0.1) is 0 Å². The Morgan fingerprint density at radius 1 is 0.723 bits per heavy atom. The summed E-state index contributed by atoms with van der Waals surface area (Å²) in [6, 6.07) is 16.1. The van der Waals surface area contributed by atoms with Crippen molar-refractivity contribution in [2.75, 3.05) is 26.7 Å². The highest BCUT2D eigenvalue weighted by Gasteiger charge is 2.25. The zero-order chi connectivity index (χ0) is 36.2. The fraction of sp³-hybridized carbons (Fsp3) is 0.467. The summed E-state index contributed by atoms with van der Waals surface area (Å²) in [5.41, 5.74) is 7.91. The Balaban J connectivity index is 0.000000797. The van der Waals surface area contributed by atoms with Crippen molar-refractivity contribution in [2.24, 2.45) is 5.73 Å². The second-order valence-electron chi connectivity index (χ2n) is 10.3. The van der Waals surface area contributed by atoms with E-state index in [1.54, 1.807) is 6.92 Å². The third-order valence-electron chi connectivity index (χ3n) is 5.99. The van der Waals surface area contributed by atoms with Gasteiger partial charge >= 0.3 is 11.9 Å². The third-order valence-corrected chi connectivity index (χ3v) is 6.70. The van der Waals surface area contributed by atoms with Crippen molar-refractivity contribution in [3.05, 3.63) is 71.8 Å². The lowest BCUT2D eigenvalue weighted by Gasteiger charge is -2.19. The molecule has 0 aliphatic rings. The number of amides is 2. The molecule has 0 saturated heterocycles. The van der Waals surface area contributed by atoms with Gasteiger partial charge in [0, 0.05) is 10.7 Å². The van der Waals surface area contributed by atoms with E-state index in [9.17, 15) is 36.0 Å². The molecule has 14 nitrogen and oxygen atoms in total. The summed E-state index contributed by atoms with van der Waals surface area (Å²) in [5.74, 6) is -1.98. The molecule has 0 heterocycles. The summed E-state index contributed by atoms with van der Waals surface area (Å²) in [6.07, 6.45) is 3.96. The van der Waals surface area contributed by atoms with Crippen LogP contribution in [0.3, 0.4) is 0 Å². The number of hydrogen-bond acceptors (Lipinski definition) is 11. The minimum Gasteiger partial charge on any atom is -0.467 e. The second kappa shape index (κ2) is 22.1. The van der Waals surface area contributed by atoms with Crippen molar-refractivity contribution in [3.63, 3.8) is 0 Å². The number of nitrogens with two attached hydrogens (primary N) is 1. The van der Waals surface area contributed by atoms with Crippen LogP contribution < -0.4 is 21.1 Å². The fourth-order valence-corrected chi connectivity index (χ4v) is 4.40. The quantitative estimate of drug-likeness (QED) is 0.160. The standard InChI is InChI=1S/C15H22N2O5S.C14H20N2O3.CH3ClO2S/c1-11(15(19)22-2)16-14(18)13(17-23(3,20)21)10-9-12-7-5-4-6-8-12;1-10(14(18)19-2)16-13(17)12(15)9-8-11-6-4-3-5-7-11;1-5(2,3)4/h4-8,11,13,17H,9-10H2,1-3H3,(H,16,18);3-7,10,12H,8-9,15H2,1-2H3,(H,16,17);1H3/t11-,13+;10-,12+;/m00./s1. The van der Waals surface area contributed by atoms with Crippen LogP contribution in [0.5, 0.6) is 0 Å². The van der Waals surface area contributed by atoms with Gasteiger partial charge in [-0.2, -0.15) is 0 Å². The van der Waals surface area contributed by atoms with E-state index in [-0.39, 0.29) is 12.3 Å². The topological polar surface area (TPSA) is 217 Å². The van der Waals surface area contributed by atoms with Crippen molar-refractivity contribution in [2.45, 2.75) is 63.7 Å². The number of methoxy groups -OCH3 is 2. The first kappa shape index (κ1) is 43.4. The number of esters is 2. The minimum absolute atomic E-state index is 0.275. The molecule has 17 heteroatoms. The number of carbonyl (C=O) groups is 4. The maximum Gasteiger partial charge on any atom is 0.328 e. The van der Waals surface area contributed by atoms with Crippen molar-refractivity contribution >= 4 is 53.5 Å². The molecule has 0 aliphatic heterocycles. The molecule has 0 unspecified atom stereocenters. The number of nitrogens with one attached hydrogen (secondary N) is 3. The summed E-state index contributed by atoms with van der Waals surface area (Å²) in [4.78, 5) is 46.5. The molecule has 2 amide bonds. The van der Waals surface area contributed by atoms with E-state index in [0.717, 1.165) is 30.1 Å². The number of hydrogen-bond donors (Lipinski definition) is 4. The van der Waals surface area contributed by atoms with E-state index in [1.807, 2.05) is 60.7 Å². The number of halogens is 1. The SMILES string of the molecule is COC(=O)[C@H](C)NC(=O)[C@@H](CCc1ccccc1)NS(C)(=O)=O.COC(=O)[C@H](C)NC(=O)[C@H](N)CCc1ccccc1.CS(=O)(=O)Cl. The molecule has 2 aromatic carbocycles. The molecule has 4 atom stereocenters. The Labute approximate surface area is 281 Å². The normalized spacial score (nSPS) is 13.4. The van der Waals surface area contributed by atoms with E-state index >= 15 is 0 Å². The molecule has 2 rings (SSSR count). The molecule has 47 heavy (non-hydrogen) atoms. The van der Waals surface area contributed by atoms with Gasteiger partial charge in [0.05, 0.1) is 32.8 Å². The van der Waals surface area contributed by atoms with Crippen LogP contribution in [0.4, 0.5) is 0 Å². The van der Waals surface area contributed by atoms with Crippen LogP contribution in [0.2, 0.25) is 0 Å².